The van der Waals surface area contributed by atoms with E-state index >= 15 is 0 Å². The first-order valence-corrected chi connectivity index (χ1v) is 6.81. The maximum Gasteiger partial charge on any atom is 0.122 e. The Kier molecular flexibility index (Phi) is 3.15. The van der Waals surface area contributed by atoms with Crippen molar-refractivity contribution in [3.05, 3.63) is 41.7 Å². The fourth-order valence-corrected chi connectivity index (χ4v) is 2.42. The number of hydrogen-bond donors (Lipinski definition) is 1. The summed E-state index contributed by atoms with van der Waals surface area (Å²) in [4.78, 5) is 0. The van der Waals surface area contributed by atoms with Crippen molar-refractivity contribution in [3.63, 3.8) is 0 Å². The van der Waals surface area contributed by atoms with Crippen molar-refractivity contribution in [3.8, 4) is 5.75 Å². The molecule has 0 saturated carbocycles. The molecule has 0 bridgehead atoms. The number of aromatic nitrogens is 2. The van der Waals surface area contributed by atoms with Crippen LogP contribution in [-0.4, -0.2) is 16.4 Å². The first-order chi connectivity index (χ1) is 9.26. The minimum absolute atomic E-state index is 0.264. The van der Waals surface area contributed by atoms with Gasteiger partial charge < -0.3 is 10.1 Å². The van der Waals surface area contributed by atoms with E-state index in [9.17, 15) is 0 Å². The zero-order valence-electron chi connectivity index (χ0n) is 11.4. The molecular formula is C15H19N3O. The number of aryl methyl sites for hydroxylation is 1. The number of nitrogens with zero attached hydrogens (tertiary/aromatic N) is 2. The van der Waals surface area contributed by atoms with Crippen LogP contribution >= 0.6 is 0 Å². The van der Waals surface area contributed by atoms with E-state index in [0.717, 1.165) is 31.0 Å². The Morgan fingerprint density at radius 3 is 3.16 bits per heavy atom. The van der Waals surface area contributed by atoms with Crippen LogP contribution in [0, 0.1) is 0 Å². The first-order valence-electron chi connectivity index (χ1n) is 6.81. The Morgan fingerprint density at radius 1 is 1.47 bits per heavy atom. The number of fused-ring (bicyclic) bond motifs is 1. The van der Waals surface area contributed by atoms with E-state index in [1.807, 2.05) is 17.1 Å². The van der Waals surface area contributed by atoms with Crippen LogP contribution < -0.4 is 10.1 Å². The molecule has 0 aliphatic carbocycles. The van der Waals surface area contributed by atoms with Crippen LogP contribution in [0.25, 0.3) is 0 Å². The standard InChI is InChI=1S/C15H19N3O/c1-3-18-10-14(9-16-18)17-11(2)12-4-5-15-13(8-12)6-7-19-15/h4-5,8-11,17H,3,6-7H2,1-2H3. The lowest BCUT2D eigenvalue weighted by atomic mass is 10.0. The van der Waals surface area contributed by atoms with E-state index in [4.69, 9.17) is 4.74 Å². The zero-order valence-corrected chi connectivity index (χ0v) is 11.4. The maximum atomic E-state index is 5.54. The van der Waals surface area contributed by atoms with Gasteiger partial charge >= 0.3 is 0 Å². The molecule has 0 radical (unpaired) electrons. The van der Waals surface area contributed by atoms with Crippen molar-refractivity contribution in [1.82, 2.24) is 9.78 Å². The molecule has 2 aromatic rings. The van der Waals surface area contributed by atoms with Gasteiger partial charge in [0.1, 0.15) is 5.75 Å². The molecule has 1 unspecified atom stereocenters. The van der Waals surface area contributed by atoms with E-state index in [1.54, 1.807) is 0 Å². The van der Waals surface area contributed by atoms with E-state index in [-0.39, 0.29) is 6.04 Å². The van der Waals surface area contributed by atoms with Gasteiger partial charge in [0.2, 0.25) is 0 Å². The molecule has 0 saturated heterocycles. The number of anilines is 1. The molecule has 1 aliphatic rings. The largest absolute Gasteiger partial charge is 0.493 e. The van der Waals surface area contributed by atoms with E-state index in [1.165, 1.54) is 11.1 Å². The zero-order chi connectivity index (χ0) is 13.2. The average Bonchev–Trinajstić information content (AvgIpc) is 3.05. The Hall–Kier alpha value is -1.97. The highest BCUT2D eigenvalue weighted by Gasteiger charge is 2.14. The van der Waals surface area contributed by atoms with Crippen LogP contribution in [0.15, 0.2) is 30.6 Å². The van der Waals surface area contributed by atoms with Gasteiger partial charge in [-0.05, 0) is 37.1 Å². The Labute approximate surface area is 113 Å². The minimum Gasteiger partial charge on any atom is -0.493 e. The number of nitrogens with one attached hydrogen (secondary N) is 1. The number of benzene rings is 1. The summed E-state index contributed by atoms with van der Waals surface area (Å²) >= 11 is 0. The summed E-state index contributed by atoms with van der Waals surface area (Å²) in [6.45, 7) is 5.96. The normalized spacial score (nSPS) is 14.8. The van der Waals surface area contributed by atoms with Gasteiger partial charge in [-0.15, -0.1) is 0 Å². The summed E-state index contributed by atoms with van der Waals surface area (Å²) in [6, 6.07) is 6.71. The number of rotatable bonds is 4. The van der Waals surface area contributed by atoms with E-state index in [2.05, 4.69) is 42.5 Å². The smallest absolute Gasteiger partial charge is 0.122 e. The monoisotopic (exact) mass is 257 g/mol. The lowest BCUT2D eigenvalue weighted by Gasteiger charge is -2.15. The molecule has 100 valence electrons. The summed E-state index contributed by atoms with van der Waals surface area (Å²) < 4.78 is 7.46. The van der Waals surface area contributed by atoms with Crippen molar-refractivity contribution >= 4 is 5.69 Å². The van der Waals surface area contributed by atoms with E-state index in [0.29, 0.717) is 0 Å². The van der Waals surface area contributed by atoms with Gasteiger partial charge in [-0.1, -0.05) is 6.07 Å². The molecule has 4 nitrogen and oxygen atoms in total. The van der Waals surface area contributed by atoms with Crippen molar-refractivity contribution in [2.45, 2.75) is 32.9 Å². The van der Waals surface area contributed by atoms with Crippen molar-refractivity contribution in [2.75, 3.05) is 11.9 Å². The molecule has 1 atom stereocenters. The Balaban J connectivity index is 1.74. The highest BCUT2D eigenvalue weighted by Crippen LogP contribution is 2.29. The molecule has 1 aromatic heterocycles. The summed E-state index contributed by atoms with van der Waals surface area (Å²) in [5, 5.41) is 7.75. The SMILES string of the molecule is CCn1cc(NC(C)c2ccc3c(c2)CCO3)cn1. The second-order valence-corrected chi connectivity index (χ2v) is 4.92. The predicted octanol–water partition coefficient (Wildman–Crippen LogP) is 3.01. The molecule has 0 spiro atoms. The molecular weight excluding hydrogens is 238 g/mol. The highest BCUT2D eigenvalue weighted by atomic mass is 16.5. The van der Waals surface area contributed by atoms with Crippen LogP contribution in [0.3, 0.4) is 0 Å². The molecule has 0 amide bonds. The van der Waals surface area contributed by atoms with Gasteiger partial charge in [0, 0.05) is 25.2 Å². The third kappa shape index (κ3) is 2.43. The summed E-state index contributed by atoms with van der Waals surface area (Å²) in [6.07, 6.45) is 4.92. The minimum atomic E-state index is 0.264. The van der Waals surface area contributed by atoms with Gasteiger partial charge in [-0.25, -0.2) is 0 Å². The van der Waals surface area contributed by atoms with Crippen molar-refractivity contribution < 1.29 is 4.74 Å². The lowest BCUT2D eigenvalue weighted by molar-refractivity contribution is 0.357. The van der Waals surface area contributed by atoms with Crippen LogP contribution in [0.5, 0.6) is 5.75 Å². The fourth-order valence-electron chi connectivity index (χ4n) is 2.42. The van der Waals surface area contributed by atoms with Gasteiger partial charge in [0.25, 0.3) is 0 Å². The molecule has 2 heterocycles. The first kappa shape index (κ1) is 12.1. The second kappa shape index (κ2) is 4.96. The Bertz CT molecular complexity index is 577. The van der Waals surface area contributed by atoms with Gasteiger partial charge in [-0.3, -0.25) is 4.68 Å². The highest BCUT2D eigenvalue weighted by molar-refractivity contribution is 5.45. The Morgan fingerprint density at radius 2 is 2.37 bits per heavy atom. The van der Waals surface area contributed by atoms with Gasteiger partial charge in [0.05, 0.1) is 18.5 Å². The average molecular weight is 257 g/mol. The molecule has 1 N–H and O–H groups in total. The topological polar surface area (TPSA) is 39.1 Å². The number of hydrogen-bond acceptors (Lipinski definition) is 3. The summed E-state index contributed by atoms with van der Waals surface area (Å²) in [5.41, 5.74) is 3.66. The summed E-state index contributed by atoms with van der Waals surface area (Å²) in [5.74, 6) is 1.04. The summed E-state index contributed by atoms with van der Waals surface area (Å²) in [7, 11) is 0. The molecule has 1 aliphatic heterocycles. The third-order valence-electron chi connectivity index (χ3n) is 3.55. The molecule has 19 heavy (non-hydrogen) atoms. The van der Waals surface area contributed by atoms with Crippen LogP contribution in [0.2, 0.25) is 0 Å². The third-order valence-corrected chi connectivity index (χ3v) is 3.55. The molecule has 3 rings (SSSR count). The van der Waals surface area contributed by atoms with Crippen LogP contribution in [-0.2, 0) is 13.0 Å². The second-order valence-electron chi connectivity index (χ2n) is 4.92. The van der Waals surface area contributed by atoms with Gasteiger partial charge in [0.15, 0.2) is 0 Å². The predicted molar refractivity (Wildman–Crippen MR) is 75.6 cm³/mol. The lowest BCUT2D eigenvalue weighted by Crippen LogP contribution is -2.06. The van der Waals surface area contributed by atoms with Crippen molar-refractivity contribution in [1.29, 1.82) is 0 Å². The quantitative estimate of drug-likeness (QED) is 0.915. The number of ether oxygens (including phenoxy) is 1. The molecule has 1 aromatic carbocycles. The maximum absolute atomic E-state index is 5.54. The molecule has 0 fully saturated rings. The fraction of sp³-hybridized carbons (Fsp3) is 0.400. The van der Waals surface area contributed by atoms with Gasteiger partial charge in [-0.2, -0.15) is 5.10 Å². The molecule has 4 heteroatoms. The van der Waals surface area contributed by atoms with Crippen LogP contribution in [0.4, 0.5) is 5.69 Å². The van der Waals surface area contributed by atoms with Crippen LogP contribution in [0.1, 0.15) is 31.0 Å². The van der Waals surface area contributed by atoms with Crippen molar-refractivity contribution in [2.24, 2.45) is 0 Å². The van der Waals surface area contributed by atoms with E-state index < -0.39 is 0 Å².